The van der Waals surface area contributed by atoms with E-state index in [0.717, 1.165) is 12.2 Å². The third-order valence-electron chi connectivity index (χ3n) is 1.48. The van der Waals surface area contributed by atoms with E-state index in [4.69, 9.17) is 5.11 Å². The molecule has 0 unspecified atom stereocenters. The number of aliphatic hydroxyl groups is 1. The Kier molecular flexibility index (Phi) is 3.07. The average Bonchev–Trinajstić information content (AvgIpc) is 2.40. The van der Waals surface area contributed by atoms with Crippen molar-refractivity contribution in [3.8, 4) is 0 Å². The molecule has 1 rings (SSSR count). The van der Waals surface area contributed by atoms with Gasteiger partial charge in [0, 0.05) is 25.0 Å². The summed E-state index contributed by atoms with van der Waals surface area (Å²) in [5, 5.41) is 8.60. The first kappa shape index (κ1) is 8.23. The molecule has 0 amide bonds. The van der Waals surface area contributed by atoms with Gasteiger partial charge in [0.15, 0.2) is 0 Å². The predicted octanol–water partition coefficient (Wildman–Crippen LogP) is -0.166. The van der Waals surface area contributed by atoms with Crippen LogP contribution >= 0.6 is 0 Å². The van der Waals surface area contributed by atoms with Crippen molar-refractivity contribution < 1.29 is 5.11 Å². The maximum atomic E-state index is 8.60. The molecule has 4 nitrogen and oxygen atoms in total. The SMILES string of the molecule is CN(CCO)Cc1cnc[nH]1. The number of H-pyrrole nitrogens is 1. The van der Waals surface area contributed by atoms with Crippen molar-refractivity contribution in [1.29, 1.82) is 0 Å². The summed E-state index contributed by atoms with van der Waals surface area (Å²) in [5.41, 5.74) is 1.07. The molecule has 0 aliphatic carbocycles. The number of aromatic amines is 1. The van der Waals surface area contributed by atoms with Crippen LogP contribution in [0.5, 0.6) is 0 Å². The molecule has 0 aliphatic rings. The summed E-state index contributed by atoms with van der Waals surface area (Å²) < 4.78 is 0. The molecular formula is C7H13N3O. The van der Waals surface area contributed by atoms with Crippen molar-refractivity contribution in [3.63, 3.8) is 0 Å². The fourth-order valence-corrected chi connectivity index (χ4v) is 0.912. The summed E-state index contributed by atoms with van der Waals surface area (Å²) in [7, 11) is 1.96. The van der Waals surface area contributed by atoms with Gasteiger partial charge >= 0.3 is 0 Å². The van der Waals surface area contributed by atoms with Crippen LogP contribution in [-0.4, -0.2) is 40.2 Å². The number of hydrogen-bond donors (Lipinski definition) is 2. The van der Waals surface area contributed by atoms with Crippen molar-refractivity contribution in [2.45, 2.75) is 6.54 Å². The molecule has 0 fully saturated rings. The summed E-state index contributed by atoms with van der Waals surface area (Å²) in [6.45, 7) is 1.70. The van der Waals surface area contributed by atoms with Gasteiger partial charge in [-0.1, -0.05) is 0 Å². The standard InChI is InChI=1S/C7H13N3O/c1-10(2-3-11)5-7-4-8-6-9-7/h4,6,11H,2-3,5H2,1H3,(H,8,9). The van der Waals surface area contributed by atoms with Gasteiger partial charge in [0.25, 0.3) is 0 Å². The Bertz CT molecular complexity index is 186. The molecule has 0 bridgehead atoms. The highest BCUT2D eigenvalue weighted by Crippen LogP contribution is 1.95. The molecule has 62 valence electrons. The molecule has 1 aromatic rings. The Morgan fingerprint density at radius 1 is 1.73 bits per heavy atom. The van der Waals surface area contributed by atoms with Crippen LogP contribution < -0.4 is 0 Å². The molecule has 1 heterocycles. The maximum absolute atomic E-state index is 8.60. The van der Waals surface area contributed by atoms with Crippen LogP contribution in [0.25, 0.3) is 0 Å². The molecule has 0 atom stereocenters. The monoisotopic (exact) mass is 155 g/mol. The zero-order valence-corrected chi connectivity index (χ0v) is 6.62. The first-order valence-corrected chi connectivity index (χ1v) is 3.59. The van der Waals surface area contributed by atoms with E-state index in [2.05, 4.69) is 9.97 Å². The lowest BCUT2D eigenvalue weighted by Crippen LogP contribution is -2.21. The van der Waals surface area contributed by atoms with Gasteiger partial charge in [0.05, 0.1) is 12.9 Å². The van der Waals surface area contributed by atoms with Gasteiger partial charge in [0.1, 0.15) is 0 Å². The first-order valence-electron chi connectivity index (χ1n) is 3.59. The third-order valence-corrected chi connectivity index (χ3v) is 1.48. The van der Waals surface area contributed by atoms with Crippen molar-refractivity contribution in [3.05, 3.63) is 18.2 Å². The summed E-state index contributed by atoms with van der Waals surface area (Å²) in [6.07, 6.45) is 3.44. The van der Waals surface area contributed by atoms with E-state index in [1.807, 2.05) is 11.9 Å². The summed E-state index contributed by atoms with van der Waals surface area (Å²) in [4.78, 5) is 8.90. The van der Waals surface area contributed by atoms with E-state index in [1.54, 1.807) is 12.5 Å². The normalized spacial score (nSPS) is 10.8. The minimum absolute atomic E-state index is 0.199. The van der Waals surface area contributed by atoms with E-state index in [1.165, 1.54) is 0 Å². The predicted molar refractivity (Wildman–Crippen MR) is 42.0 cm³/mol. The smallest absolute Gasteiger partial charge is 0.0922 e. The highest BCUT2D eigenvalue weighted by atomic mass is 16.3. The number of nitrogens with zero attached hydrogens (tertiary/aromatic N) is 2. The number of hydrogen-bond acceptors (Lipinski definition) is 3. The van der Waals surface area contributed by atoms with Gasteiger partial charge in [-0.3, -0.25) is 4.90 Å². The number of imidazole rings is 1. The number of aromatic nitrogens is 2. The fraction of sp³-hybridized carbons (Fsp3) is 0.571. The molecule has 0 aromatic carbocycles. The molecule has 0 spiro atoms. The molecule has 11 heavy (non-hydrogen) atoms. The Morgan fingerprint density at radius 3 is 3.09 bits per heavy atom. The second-order valence-electron chi connectivity index (χ2n) is 2.54. The van der Waals surface area contributed by atoms with Crippen LogP contribution in [0.3, 0.4) is 0 Å². The largest absolute Gasteiger partial charge is 0.395 e. The Hall–Kier alpha value is -0.870. The topological polar surface area (TPSA) is 52.1 Å². The minimum Gasteiger partial charge on any atom is -0.395 e. The van der Waals surface area contributed by atoms with Gasteiger partial charge in [-0.25, -0.2) is 4.98 Å². The van der Waals surface area contributed by atoms with Crippen molar-refractivity contribution in [2.75, 3.05) is 20.2 Å². The first-order chi connectivity index (χ1) is 5.33. The Labute approximate surface area is 65.9 Å². The zero-order valence-electron chi connectivity index (χ0n) is 6.62. The number of aliphatic hydroxyl groups excluding tert-OH is 1. The van der Waals surface area contributed by atoms with Crippen LogP contribution in [0.1, 0.15) is 5.69 Å². The molecule has 0 saturated heterocycles. The number of nitrogens with one attached hydrogen (secondary N) is 1. The quantitative estimate of drug-likeness (QED) is 0.635. The highest BCUT2D eigenvalue weighted by molar-refractivity contribution is 4.93. The Morgan fingerprint density at radius 2 is 2.55 bits per heavy atom. The lowest BCUT2D eigenvalue weighted by molar-refractivity contribution is 0.216. The molecule has 0 radical (unpaired) electrons. The average molecular weight is 155 g/mol. The van der Waals surface area contributed by atoms with Crippen LogP contribution in [-0.2, 0) is 6.54 Å². The zero-order chi connectivity index (χ0) is 8.10. The summed E-state index contributed by atoms with van der Waals surface area (Å²) in [5.74, 6) is 0. The number of likely N-dealkylation sites (N-methyl/N-ethyl adjacent to an activating group) is 1. The second kappa shape index (κ2) is 4.10. The van der Waals surface area contributed by atoms with E-state index in [9.17, 15) is 0 Å². The van der Waals surface area contributed by atoms with E-state index >= 15 is 0 Å². The van der Waals surface area contributed by atoms with Gasteiger partial charge in [-0.05, 0) is 7.05 Å². The van der Waals surface area contributed by atoms with Gasteiger partial charge in [-0.2, -0.15) is 0 Å². The van der Waals surface area contributed by atoms with Crippen LogP contribution in [0.2, 0.25) is 0 Å². The van der Waals surface area contributed by atoms with Gasteiger partial charge in [0.2, 0.25) is 0 Å². The third kappa shape index (κ3) is 2.69. The summed E-state index contributed by atoms with van der Waals surface area (Å²) in [6, 6.07) is 0. The summed E-state index contributed by atoms with van der Waals surface area (Å²) >= 11 is 0. The molecule has 1 aromatic heterocycles. The molecule has 0 aliphatic heterocycles. The van der Waals surface area contributed by atoms with Crippen LogP contribution in [0.4, 0.5) is 0 Å². The Balaban J connectivity index is 2.31. The molecule has 0 saturated carbocycles. The van der Waals surface area contributed by atoms with Gasteiger partial charge < -0.3 is 10.1 Å². The van der Waals surface area contributed by atoms with E-state index in [0.29, 0.717) is 6.54 Å². The molecule has 2 N–H and O–H groups in total. The van der Waals surface area contributed by atoms with Crippen molar-refractivity contribution in [1.82, 2.24) is 14.9 Å². The molecule has 4 heteroatoms. The lowest BCUT2D eigenvalue weighted by atomic mass is 10.4. The van der Waals surface area contributed by atoms with Crippen molar-refractivity contribution >= 4 is 0 Å². The van der Waals surface area contributed by atoms with E-state index < -0.39 is 0 Å². The van der Waals surface area contributed by atoms with E-state index in [-0.39, 0.29) is 6.61 Å². The maximum Gasteiger partial charge on any atom is 0.0922 e. The van der Waals surface area contributed by atoms with Crippen LogP contribution in [0, 0.1) is 0 Å². The highest BCUT2D eigenvalue weighted by Gasteiger charge is 1.98. The van der Waals surface area contributed by atoms with Crippen molar-refractivity contribution in [2.24, 2.45) is 0 Å². The van der Waals surface area contributed by atoms with Gasteiger partial charge in [-0.15, -0.1) is 0 Å². The fourth-order valence-electron chi connectivity index (χ4n) is 0.912. The second-order valence-corrected chi connectivity index (χ2v) is 2.54. The molecular weight excluding hydrogens is 142 g/mol. The minimum atomic E-state index is 0.199. The lowest BCUT2D eigenvalue weighted by Gasteiger charge is -2.12. The number of rotatable bonds is 4. The van der Waals surface area contributed by atoms with Crippen LogP contribution in [0.15, 0.2) is 12.5 Å².